The molecule has 6 heteroatoms. The van der Waals surface area contributed by atoms with Crippen LogP contribution < -0.4 is 11.1 Å². The first-order valence-electron chi connectivity index (χ1n) is 4.91. The third kappa shape index (κ3) is 1.79. The van der Waals surface area contributed by atoms with Crippen LogP contribution >= 0.6 is 0 Å². The van der Waals surface area contributed by atoms with Gasteiger partial charge in [0, 0.05) is 0 Å². The average Bonchev–Trinajstić information content (AvgIpc) is 2.91. The van der Waals surface area contributed by atoms with E-state index in [2.05, 4.69) is 10.3 Å². The zero-order valence-electron chi connectivity index (χ0n) is 8.73. The number of nitrogens with zero attached hydrogens (tertiary/aromatic N) is 1. The molecule has 1 heterocycles. The van der Waals surface area contributed by atoms with Crippen molar-refractivity contribution in [2.24, 2.45) is 0 Å². The van der Waals surface area contributed by atoms with Gasteiger partial charge in [0.05, 0.1) is 11.9 Å². The number of nitrogens with two attached hydrogens (primary N) is 1. The Hall–Kier alpha value is -1.46. The molecule has 0 amide bonds. The first-order chi connectivity index (χ1) is 7.34. The molecule has 0 aromatic carbocycles. The van der Waals surface area contributed by atoms with Crippen LogP contribution in [-0.4, -0.2) is 16.7 Å². The molecule has 88 valence electrons. The summed E-state index contributed by atoms with van der Waals surface area (Å²) in [4.78, 5) is 3.84. The molecular weight excluding hydrogens is 219 g/mol. The number of aromatic nitrogens is 1. The Morgan fingerprint density at radius 3 is 2.50 bits per heavy atom. The number of nitrogen functional groups attached to an aromatic ring is 1. The number of hydrogen-bond acceptors (Lipinski definition) is 3. The fourth-order valence-electron chi connectivity index (χ4n) is 1.48. The topological polar surface area (TPSA) is 50.9 Å². The maximum absolute atomic E-state index is 12.6. The number of hydrogen-bond donors (Lipinski definition) is 2. The lowest BCUT2D eigenvalue weighted by Crippen LogP contribution is -2.38. The van der Waals surface area contributed by atoms with Gasteiger partial charge in [-0.1, -0.05) is 0 Å². The summed E-state index contributed by atoms with van der Waals surface area (Å²) in [6, 6.07) is 1.53. The minimum Gasteiger partial charge on any atom is -0.397 e. The van der Waals surface area contributed by atoms with E-state index in [9.17, 15) is 13.2 Å². The Balaban J connectivity index is 2.19. The zero-order valence-corrected chi connectivity index (χ0v) is 8.73. The first kappa shape index (κ1) is 11.0. The van der Waals surface area contributed by atoms with E-state index < -0.39 is 11.7 Å². The average molecular weight is 231 g/mol. The number of aryl methyl sites for hydroxylation is 1. The molecule has 1 aromatic heterocycles. The van der Waals surface area contributed by atoms with Crippen molar-refractivity contribution in [2.75, 3.05) is 11.1 Å². The molecule has 3 N–H and O–H groups in total. The molecule has 0 aliphatic heterocycles. The molecule has 0 saturated heterocycles. The fraction of sp³-hybridized carbons (Fsp3) is 0.500. The van der Waals surface area contributed by atoms with E-state index in [0.29, 0.717) is 5.69 Å². The normalized spacial score (nSPS) is 18.2. The smallest absolute Gasteiger partial charge is 0.397 e. The largest absolute Gasteiger partial charge is 0.411 e. The van der Waals surface area contributed by atoms with Crippen LogP contribution in [0.3, 0.4) is 0 Å². The van der Waals surface area contributed by atoms with Crippen molar-refractivity contribution in [3.05, 3.63) is 17.8 Å². The third-order valence-corrected chi connectivity index (χ3v) is 2.81. The maximum Gasteiger partial charge on any atom is 0.411 e. The summed E-state index contributed by atoms with van der Waals surface area (Å²) in [5.41, 5.74) is 4.96. The van der Waals surface area contributed by atoms with Gasteiger partial charge in [0.15, 0.2) is 0 Å². The van der Waals surface area contributed by atoms with Crippen LogP contribution in [0.25, 0.3) is 0 Å². The Bertz CT molecular complexity index is 410. The lowest BCUT2D eigenvalue weighted by atomic mass is 10.2. The molecule has 16 heavy (non-hydrogen) atoms. The van der Waals surface area contributed by atoms with Gasteiger partial charge in [0.25, 0.3) is 0 Å². The molecule has 3 nitrogen and oxygen atoms in total. The highest BCUT2D eigenvalue weighted by Gasteiger charge is 2.63. The van der Waals surface area contributed by atoms with Crippen molar-refractivity contribution < 1.29 is 13.2 Å². The van der Waals surface area contributed by atoms with Crippen LogP contribution in [0.15, 0.2) is 12.3 Å². The summed E-state index contributed by atoms with van der Waals surface area (Å²) in [6.07, 6.45) is -2.67. The SMILES string of the molecule is Cc1cc(NC2(C(F)(F)F)CC2)ncc1N. The van der Waals surface area contributed by atoms with E-state index in [1.807, 2.05) is 0 Å². The molecule has 0 bridgehead atoms. The summed E-state index contributed by atoms with van der Waals surface area (Å²) < 4.78 is 37.9. The van der Waals surface area contributed by atoms with E-state index in [1.165, 1.54) is 12.3 Å². The standard InChI is InChI=1S/C10H12F3N3/c1-6-4-8(15-5-7(6)14)16-9(2-3-9)10(11,12)13/h4-5H,2-3,14H2,1H3,(H,15,16). The zero-order chi connectivity index (χ0) is 12.0. The maximum atomic E-state index is 12.6. The van der Waals surface area contributed by atoms with Crippen molar-refractivity contribution in [1.29, 1.82) is 0 Å². The lowest BCUT2D eigenvalue weighted by molar-refractivity contribution is -0.151. The van der Waals surface area contributed by atoms with Crippen molar-refractivity contribution in [1.82, 2.24) is 4.98 Å². The van der Waals surface area contributed by atoms with Gasteiger partial charge in [-0.05, 0) is 31.4 Å². The van der Waals surface area contributed by atoms with Crippen LogP contribution in [0.4, 0.5) is 24.7 Å². The Kier molecular flexibility index (Phi) is 2.25. The summed E-state index contributed by atoms with van der Waals surface area (Å²) in [5.74, 6) is 0.224. The highest BCUT2D eigenvalue weighted by molar-refractivity contribution is 5.52. The van der Waals surface area contributed by atoms with Gasteiger partial charge >= 0.3 is 6.18 Å². The summed E-state index contributed by atoms with van der Waals surface area (Å²) in [5, 5.41) is 2.45. The van der Waals surface area contributed by atoms with E-state index in [0.717, 1.165) is 5.56 Å². The van der Waals surface area contributed by atoms with E-state index in [4.69, 9.17) is 5.73 Å². The molecule has 1 aliphatic rings. The molecule has 1 saturated carbocycles. The number of rotatable bonds is 2. The van der Waals surface area contributed by atoms with Gasteiger partial charge < -0.3 is 11.1 Å². The van der Waals surface area contributed by atoms with Crippen molar-refractivity contribution in [3.8, 4) is 0 Å². The number of alkyl halides is 3. The van der Waals surface area contributed by atoms with Gasteiger partial charge in [-0.15, -0.1) is 0 Å². The molecule has 1 aromatic rings. The minimum absolute atomic E-state index is 0.0988. The second-order valence-corrected chi connectivity index (χ2v) is 4.13. The minimum atomic E-state index is -4.23. The molecule has 1 aliphatic carbocycles. The second kappa shape index (κ2) is 3.26. The van der Waals surface area contributed by atoms with Crippen LogP contribution in [0.1, 0.15) is 18.4 Å². The third-order valence-electron chi connectivity index (χ3n) is 2.81. The highest BCUT2D eigenvalue weighted by atomic mass is 19.4. The van der Waals surface area contributed by atoms with Gasteiger partial charge in [-0.3, -0.25) is 0 Å². The molecule has 0 unspecified atom stereocenters. The van der Waals surface area contributed by atoms with E-state index in [1.54, 1.807) is 6.92 Å². The van der Waals surface area contributed by atoms with Crippen molar-refractivity contribution >= 4 is 11.5 Å². The predicted octanol–water partition coefficient (Wildman–Crippen LogP) is 2.48. The summed E-state index contributed by atoms with van der Waals surface area (Å²) in [7, 11) is 0. The first-order valence-corrected chi connectivity index (χ1v) is 4.91. The number of pyridine rings is 1. The molecule has 0 atom stereocenters. The van der Waals surface area contributed by atoms with Crippen molar-refractivity contribution in [3.63, 3.8) is 0 Å². The van der Waals surface area contributed by atoms with Gasteiger partial charge in [-0.25, -0.2) is 4.98 Å². The Morgan fingerprint density at radius 1 is 1.44 bits per heavy atom. The van der Waals surface area contributed by atoms with Crippen molar-refractivity contribution in [2.45, 2.75) is 31.5 Å². The van der Waals surface area contributed by atoms with Gasteiger partial charge in [-0.2, -0.15) is 13.2 Å². The monoisotopic (exact) mass is 231 g/mol. The Morgan fingerprint density at radius 2 is 2.06 bits per heavy atom. The number of nitrogens with one attached hydrogen (secondary N) is 1. The molecule has 2 rings (SSSR count). The molecule has 1 fully saturated rings. The van der Waals surface area contributed by atoms with Gasteiger partial charge in [0.2, 0.25) is 0 Å². The van der Waals surface area contributed by atoms with E-state index in [-0.39, 0.29) is 18.7 Å². The fourth-order valence-corrected chi connectivity index (χ4v) is 1.48. The van der Waals surface area contributed by atoms with Crippen LogP contribution in [0, 0.1) is 6.92 Å². The van der Waals surface area contributed by atoms with Crippen LogP contribution in [-0.2, 0) is 0 Å². The van der Waals surface area contributed by atoms with Crippen LogP contribution in [0.2, 0.25) is 0 Å². The highest BCUT2D eigenvalue weighted by Crippen LogP contribution is 2.50. The number of halogens is 3. The Labute approximate surface area is 90.9 Å². The molecular formula is C10H12F3N3. The summed E-state index contributed by atoms with van der Waals surface area (Å²) in [6.45, 7) is 1.73. The quantitative estimate of drug-likeness (QED) is 0.822. The summed E-state index contributed by atoms with van der Waals surface area (Å²) >= 11 is 0. The molecule has 0 radical (unpaired) electrons. The van der Waals surface area contributed by atoms with Crippen LogP contribution in [0.5, 0.6) is 0 Å². The molecule has 0 spiro atoms. The second-order valence-electron chi connectivity index (χ2n) is 4.13. The van der Waals surface area contributed by atoms with E-state index >= 15 is 0 Å². The van der Waals surface area contributed by atoms with Gasteiger partial charge in [0.1, 0.15) is 11.4 Å². The lowest BCUT2D eigenvalue weighted by Gasteiger charge is -2.21. The predicted molar refractivity (Wildman–Crippen MR) is 55.0 cm³/mol. The number of anilines is 2.